The summed E-state index contributed by atoms with van der Waals surface area (Å²) >= 11 is 0. The standard InChI is InChI=1S/C20H16O4/c1-11(21)14-7-8-17(23-2)19-18(14)15-9-12-5-3-4-6-13(12)10-16(15)20(22)24-19/h3-11,21H,1-2H3/t11-/m1/s1. The summed E-state index contributed by atoms with van der Waals surface area (Å²) in [5, 5.41) is 14.1. The highest BCUT2D eigenvalue weighted by molar-refractivity contribution is 6.12. The SMILES string of the molecule is COc1ccc([C@@H](C)O)c2c1oc(=O)c1cc3ccccc3cc12. The molecule has 1 aromatic heterocycles. The molecule has 0 fully saturated rings. The van der Waals surface area contributed by atoms with Crippen LogP contribution in [0.4, 0.5) is 0 Å². The number of ether oxygens (including phenoxy) is 1. The van der Waals surface area contributed by atoms with Gasteiger partial charge in [-0.15, -0.1) is 0 Å². The second-order valence-corrected chi connectivity index (χ2v) is 5.87. The van der Waals surface area contributed by atoms with Crippen LogP contribution in [0.5, 0.6) is 5.75 Å². The van der Waals surface area contributed by atoms with E-state index < -0.39 is 11.7 Å². The molecule has 0 aliphatic rings. The monoisotopic (exact) mass is 320 g/mol. The van der Waals surface area contributed by atoms with Gasteiger partial charge in [0.15, 0.2) is 11.3 Å². The maximum absolute atomic E-state index is 12.5. The van der Waals surface area contributed by atoms with Crippen molar-refractivity contribution in [3.05, 3.63) is 64.5 Å². The van der Waals surface area contributed by atoms with Gasteiger partial charge in [0.05, 0.1) is 18.6 Å². The summed E-state index contributed by atoms with van der Waals surface area (Å²) < 4.78 is 10.9. The van der Waals surface area contributed by atoms with Gasteiger partial charge in [0.1, 0.15) is 0 Å². The Kier molecular flexibility index (Phi) is 3.28. The van der Waals surface area contributed by atoms with E-state index in [1.54, 1.807) is 19.1 Å². The molecule has 4 heteroatoms. The maximum atomic E-state index is 12.5. The van der Waals surface area contributed by atoms with Crippen LogP contribution in [0.2, 0.25) is 0 Å². The Hall–Kier alpha value is -2.85. The van der Waals surface area contributed by atoms with Crippen molar-refractivity contribution < 1.29 is 14.3 Å². The summed E-state index contributed by atoms with van der Waals surface area (Å²) in [6, 6.07) is 15.2. The minimum atomic E-state index is -0.694. The number of hydrogen-bond acceptors (Lipinski definition) is 4. The summed E-state index contributed by atoms with van der Waals surface area (Å²) in [7, 11) is 1.53. The fourth-order valence-electron chi connectivity index (χ4n) is 3.23. The zero-order chi connectivity index (χ0) is 16.8. The molecule has 0 aliphatic heterocycles. The number of hydrogen-bond donors (Lipinski definition) is 1. The number of methoxy groups -OCH3 is 1. The highest BCUT2D eigenvalue weighted by Gasteiger charge is 2.18. The molecule has 1 heterocycles. The van der Waals surface area contributed by atoms with Crippen molar-refractivity contribution in [2.24, 2.45) is 0 Å². The Morgan fingerprint density at radius 3 is 2.33 bits per heavy atom. The quantitative estimate of drug-likeness (QED) is 0.342. The second-order valence-electron chi connectivity index (χ2n) is 5.87. The lowest BCUT2D eigenvalue weighted by atomic mass is 9.97. The fraction of sp³-hybridized carbons (Fsp3) is 0.150. The summed E-state index contributed by atoms with van der Waals surface area (Å²) in [6.45, 7) is 1.69. The van der Waals surface area contributed by atoms with E-state index in [1.807, 2.05) is 36.4 Å². The van der Waals surface area contributed by atoms with Crippen LogP contribution in [0.3, 0.4) is 0 Å². The van der Waals surface area contributed by atoms with Gasteiger partial charge >= 0.3 is 5.63 Å². The predicted molar refractivity (Wildman–Crippen MR) is 94.7 cm³/mol. The van der Waals surface area contributed by atoms with E-state index in [2.05, 4.69) is 0 Å². The Morgan fingerprint density at radius 2 is 1.71 bits per heavy atom. The third-order valence-electron chi connectivity index (χ3n) is 4.39. The van der Waals surface area contributed by atoms with Gasteiger partial charge in [-0.2, -0.15) is 0 Å². The summed E-state index contributed by atoms with van der Waals surface area (Å²) in [5.74, 6) is 0.474. The van der Waals surface area contributed by atoms with Crippen LogP contribution in [-0.4, -0.2) is 12.2 Å². The summed E-state index contributed by atoms with van der Waals surface area (Å²) in [4.78, 5) is 12.5. The van der Waals surface area contributed by atoms with Crippen LogP contribution < -0.4 is 10.4 Å². The van der Waals surface area contributed by atoms with Gasteiger partial charge in [-0.1, -0.05) is 30.3 Å². The van der Waals surface area contributed by atoms with E-state index in [4.69, 9.17) is 9.15 Å². The molecule has 1 atom stereocenters. The highest BCUT2D eigenvalue weighted by atomic mass is 16.5. The molecule has 4 nitrogen and oxygen atoms in total. The molecule has 1 N–H and O–H groups in total. The molecule has 3 aromatic carbocycles. The molecule has 0 aliphatic carbocycles. The van der Waals surface area contributed by atoms with Crippen LogP contribution in [0, 0.1) is 0 Å². The van der Waals surface area contributed by atoms with Crippen molar-refractivity contribution in [1.29, 1.82) is 0 Å². The van der Waals surface area contributed by atoms with Crippen LogP contribution >= 0.6 is 0 Å². The average molecular weight is 320 g/mol. The lowest BCUT2D eigenvalue weighted by molar-refractivity contribution is 0.201. The van der Waals surface area contributed by atoms with Crippen LogP contribution in [0.15, 0.2) is 57.7 Å². The topological polar surface area (TPSA) is 59.7 Å². The first-order chi connectivity index (χ1) is 11.6. The van der Waals surface area contributed by atoms with Crippen LogP contribution in [0.25, 0.3) is 32.5 Å². The van der Waals surface area contributed by atoms with E-state index >= 15 is 0 Å². The molecule has 0 spiro atoms. The number of aliphatic hydroxyl groups is 1. The zero-order valence-corrected chi connectivity index (χ0v) is 13.4. The predicted octanol–water partition coefficient (Wildman–Crippen LogP) is 4.16. The molecular formula is C20H16O4. The third kappa shape index (κ3) is 2.07. The number of rotatable bonds is 2. The Morgan fingerprint density at radius 1 is 1.04 bits per heavy atom. The molecule has 0 radical (unpaired) electrons. The van der Waals surface area contributed by atoms with E-state index in [0.717, 1.165) is 16.2 Å². The van der Waals surface area contributed by atoms with Gasteiger partial charge in [-0.25, -0.2) is 4.79 Å². The van der Waals surface area contributed by atoms with Crippen LogP contribution in [0.1, 0.15) is 18.6 Å². The van der Waals surface area contributed by atoms with Gasteiger partial charge in [0.25, 0.3) is 0 Å². The number of aliphatic hydroxyl groups excluding tert-OH is 1. The van der Waals surface area contributed by atoms with Crippen molar-refractivity contribution >= 4 is 32.5 Å². The van der Waals surface area contributed by atoms with Gasteiger partial charge in [0, 0.05) is 10.8 Å². The normalized spacial score (nSPS) is 12.8. The minimum Gasteiger partial charge on any atom is -0.493 e. The molecule has 120 valence electrons. The maximum Gasteiger partial charge on any atom is 0.344 e. The lowest BCUT2D eigenvalue weighted by Crippen LogP contribution is -2.03. The minimum absolute atomic E-state index is 0.365. The van der Waals surface area contributed by atoms with Crippen molar-refractivity contribution in [2.45, 2.75) is 13.0 Å². The number of fused-ring (bicyclic) bond motifs is 4. The number of benzene rings is 3. The fourth-order valence-corrected chi connectivity index (χ4v) is 3.23. The molecule has 0 saturated heterocycles. The van der Waals surface area contributed by atoms with Crippen molar-refractivity contribution in [1.82, 2.24) is 0 Å². The Labute approximate surface area is 137 Å². The molecule has 0 amide bonds. The molecule has 0 saturated carbocycles. The molecule has 0 unspecified atom stereocenters. The molecule has 24 heavy (non-hydrogen) atoms. The zero-order valence-electron chi connectivity index (χ0n) is 13.4. The average Bonchev–Trinajstić information content (AvgIpc) is 2.59. The lowest BCUT2D eigenvalue weighted by Gasteiger charge is -2.14. The summed E-state index contributed by atoms with van der Waals surface area (Å²) in [6.07, 6.45) is -0.694. The van der Waals surface area contributed by atoms with E-state index in [-0.39, 0.29) is 0 Å². The molecule has 0 bridgehead atoms. The van der Waals surface area contributed by atoms with E-state index in [0.29, 0.717) is 27.7 Å². The Bertz CT molecular complexity index is 1140. The summed E-state index contributed by atoms with van der Waals surface area (Å²) in [5.41, 5.74) is 0.655. The van der Waals surface area contributed by atoms with Gasteiger partial charge in [0.2, 0.25) is 0 Å². The van der Waals surface area contributed by atoms with Crippen molar-refractivity contribution in [3.63, 3.8) is 0 Å². The van der Waals surface area contributed by atoms with Crippen molar-refractivity contribution in [2.75, 3.05) is 7.11 Å². The Balaban J connectivity index is 2.31. The second kappa shape index (κ2) is 5.35. The van der Waals surface area contributed by atoms with Gasteiger partial charge in [-0.3, -0.25) is 0 Å². The van der Waals surface area contributed by atoms with E-state index in [1.165, 1.54) is 7.11 Å². The third-order valence-corrected chi connectivity index (χ3v) is 4.39. The highest BCUT2D eigenvalue weighted by Crippen LogP contribution is 2.36. The first kappa shape index (κ1) is 14.7. The van der Waals surface area contributed by atoms with Crippen LogP contribution in [-0.2, 0) is 0 Å². The first-order valence-corrected chi connectivity index (χ1v) is 7.74. The van der Waals surface area contributed by atoms with E-state index in [9.17, 15) is 9.90 Å². The van der Waals surface area contributed by atoms with Crippen molar-refractivity contribution in [3.8, 4) is 5.75 Å². The first-order valence-electron chi connectivity index (χ1n) is 7.74. The molecule has 4 aromatic rings. The smallest absolute Gasteiger partial charge is 0.344 e. The molecule has 4 rings (SSSR count). The largest absolute Gasteiger partial charge is 0.493 e. The van der Waals surface area contributed by atoms with Gasteiger partial charge < -0.3 is 14.3 Å². The van der Waals surface area contributed by atoms with Gasteiger partial charge in [-0.05, 0) is 41.5 Å². The molecular weight excluding hydrogens is 304 g/mol.